The third-order valence-corrected chi connectivity index (χ3v) is 8.31. The molecular weight excluding hydrogens is 604 g/mol. The highest BCUT2D eigenvalue weighted by molar-refractivity contribution is 7.07. The molecule has 0 aliphatic carbocycles. The lowest BCUT2D eigenvalue weighted by molar-refractivity contribution is -0.139. The molecule has 0 unspecified atom stereocenters. The van der Waals surface area contributed by atoms with E-state index in [0.29, 0.717) is 37.7 Å². The molecule has 9 nitrogen and oxygen atoms in total. The van der Waals surface area contributed by atoms with Crippen LogP contribution in [0.3, 0.4) is 0 Å². The summed E-state index contributed by atoms with van der Waals surface area (Å²) in [5.74, 6) is -0.857. The fourth-order valence-corrected chi connectivity index (χ4v) is 6.19. The number of rotatable bonds is 9. The van der Waals surface area contributed by atoms with Crippen LogP contribution in [0.4, 0.5) is 0 Å². The SMILES string of the molecule is CCOC(=O)C1=C(C)N=c2s/c(=C/c3cc(Cl)c(OCc4ccc(C(=O)O)cc4)c(OC)c3)c(=O)n2[C@@H]1c1ccc(C)cc1. The molecule has 0 radical (unpaired) electrons. The van der Waals surface area contributed by atoms with Gasteiger partial charge in [0.1, 0.15) is 6.61 Å². The second-order valence-electron chi connectivity index (χ2n) is 10.0. The third-order valence-electron chi connectivity index (χ3n) is 7.04. The molecule has 44 heavy (non-hydrogen) atoms. The number of hydrogen-bond donors (Lipinski definition) is 1. The summed E-state index contributed by atoms with van der Waals surface area (Å²) in [6.07, 6.45) is 1.70. The Morgan fingerprint density at radius 3 is 2.43 bits per heavy atom. The van der Waals surface area contributed by atoms with Crippen LogP contribution in [0.2, 0.25) is 5.02 Å². The van der Waals surface area contributed by atoms with E-state index in [1.807, 2.05) is 31.2 Å². The molecule has 1 atom stereocenters. The van der Waals surface area contributed by atoms with Gasteiger partial charge in [0, 0.05) is 0 Å². The van der Waals surface area contributed by atoms with E-state index in [1.54, 1.807) is 44.2 Å². The smallest absolute Gasteiger partial charge is 0.338 e. The maximum atomic E-state index is 13.9. The van der Waals surface area contributed by atoms with Crippen molar-refractivity contribution in [2.45, 2.75) is 33.4 Å². The molecule has 0 saturated carbocycles. The molecule has 1 aliphatic rings. The summed E-state index contributed by atoms with van der Waals surface area (Å²) >= 11 is 7.82. The Labute approximate surface area is 261 Å². The van der Waals surface area contributed by atoms with Crippen LogP contribution in [-0.2, 0) is 16.1 Å². The quantitative estimate of drug-likeness (QED) is 0.257. The van der Waals surface area contributed by atoms with Crippen LogP contribution in [-0.4, -0.2) is 35.3 Å². The van der Waals surface area contributed by atoms with Gasteiger partial charge in [-0.2, -0.15) is 0 Å². The van der Waals surface area contributed by atoms with E-state index >= 15 is 0 Å². The van der Waals surface area contributed by atoms with Gasteiger partial charge in [-0.05, 0) is 67.8 Å². The Hall–Kier alpha value is -4.67. The van der Waals surface area contributed by atoms with Crippen molar-refractivity contribution >= 4 is 41.0 Å². The fourth-order valence-electron chi connectivity index (χ4n) is 4.87. The van der Waals surface area contributed by atoms with Crippen LogP contribution in [0, 0.1) is 6.92 Å². The van der Waals surface area contributed by atoms with Crippen molar-refractivity contribution in [3.63, 3.8) is 0 Å². The van der Waals surface area contributed by atoms with Crippen molar-refractivity contribution in [1.29, 1.82) is 0 Å². The molecule has 0 bridgehead atoms. The first-order chi connectivity index (χ1) is 21.1. The summed E-state index contributed by atoms with van der Waals surface area (Å²) in [4.78, 5) is 43.2. The number of aryl methyl sites for hydroxylation is 1. The Morgan fingerprint density at radius 2 is 1.80 bits per heavy atom. The van der Waals surface area contributed by atoms with Gasteiger partial charge in [-0.25, -0.2) is 14.6 Å². The van der Waals surface area contributed by atoms with Crippen molar-refractivity contribution in [2.24, 2.45) is 4.99 Å². The van der Waals surface area contributed by atoms with E-state index in [9.17, 15) is 14.4 Å². The van der Waals surface area contributed by atoms with Gasteiger partial charge in [0.25, 0.3) is 5.56 Å². The van der Waals surface area contributed by atoms with Crippen LogP contribution in [0.25, 0.3) is 6.08 Å². The zero-order valence-electron chi connectivity index (χ0n) is 24.4. The first-order valence-electron chi connectivity index (χ1n) is 13.7. The average Bonchev–Trinajstić information content (AvgIpc) is 3.30. The molecule has 0 saturated heterocycles. The Bertz CT molecular complexity index is 1960. The van der Waals surface area contributed by atoms with Crippen molar-refractivity contribution in [3.8, 4) is 11.5 Å². The molecule has 1 aromatic heterocycles. The van der Waals surface area contributed by atoms with Gasteiger partial charge in [-0.15, -0.1) is 0 Å². The minimum absolute atomic E-state index is 0.134. The van der Waals surface area contributed by atoms with Crippen LogP contribution in [0.1, 0.15) is 52.5 Å². The van der Waals surface area contributed by atoms with Gasteiger partial charge in [0.05, 0.1) is 46.1 Å². The predicted octanol–water partition coefficient (Wildman–Crippen LogP) is 5.05. The second-order valence-corrected chi connectivity index (χ2v) is 11.5. The highest BCUT2D eigenvalue weighted by atomic mass is 35.5. The number of allylic oxidation sites excluding steroid dienone is 1. The number of carboxylic acids is 1. The molecule has 1 aliphatic heterocycles. The maximum absolute atomic E-state index is 13.9. The third kappa shape index (κ3) is 6.17. The molecule has 1 N–H and O–H groups in total. The molecule has 4 aromatic rings. The molecule has 0 fully saturated rings. The van der Waals surface area contributed by atoms with Crippen LogP contribution in [0.5, 0.6) is 11.5 Å². The fraction of sp³-hybridized carbons (Fsp3) is 0.212. The number of nitrogens with zero attached hydrogens (tertiary/aromatic N) is 2. The minimum Gasteiger partial charge on any atom is -0.493 e. The number of benzene rings is 3. The van der Waals surface area contributed by atoms with Crippen molar-refractivity contribution in [1.82, 2.24) is 4.57 Å². The lowest BCUT2D eigenvalue weighted by Gasteiger charge is -2.24. The topological polar surface area (TPSA) is 116 Å². The van der Waals surface area contributed by atoms with Crippen LogP contribution >= 0.6 is 22.9 Å². The Morgan fingerprint density at radius 1 is 1.09 bits per heavy atom. The zero-order valence-corrected chi connectivity index (χ0v) is 26.0. The monoisotopic (exact) mass is 632 g/mol. The number of thiazole rings is 1. The Balaban J connectivity index is 1.53. The minimum atomic E-state index is -1.01. The van der Waals surface area contributed by atoms with Gasteiger partial charge in [-0.3, -0.25) is 9.36 Å². The molecule has 0 amide bonds. The largest absolute Gasteiger partial charge is 0.493 e. The van der Waals surface area contributed by atoms with Crippen molar-refractivity contribution < 1.29 is 28.9 Å². The first-order valence-corrected chi connectivity index (χ1v) is 14.9. The number of esters is 1. The summed E-state index contributed by atoms with van der Waals surface area (Å²) in [6, 6.07) is 16.7. The summed E-state index contributed by atoms with van der Waals surface area (Å²) in [5.41, 5.74) is 3.84. The summed E-state index contributed by atoms with van der Waals surface area (Å²) in [7, 11) is 1.49. The Kier molecular flexibility index (Phi) is 9.03. The van der Waals surface area contributed by atoms with Gasteiger partial charge < -0.3 is 19.3 Å². The standard InChI is InChI=1S/C33H29ClN2O7S/c1-5-42-32(40)27-19(3)35-33-36(28(27)22-10-6-18(2)7-11-22)30(37)26(44-33)16-21-14-24(34)29(25(15-21)41-4)43-17-20-8-12-23(13-9-20)31(38)39/h6-16,28H,5,17H2,1-4H3,(H,38,39)/b26-16+/t28-/m1/s1. The highest BCUT2D eigenvalue weighted by Crippen LogP contribution is 2.37. The number of carboxylic acid groups (broad SMARTS) is 1. The lowest BCUT2D eigenvalue weighted by Crippen LogP contribution is -2.39. The molecule has 2 heterocycles. The number of methoxy groups -OCH3 is 1. The van der Waals surface area contributed by atoms with Crippen LogP contribution < -0.4 is 24.4 Å². The normalized spacial score (nSPS) is 14.6. The predicted molar refractivity (Wildman–Crippen MR) is 167 cm³/mol. The van der Waals surface area contributed by atoms with E-state index in [2.05, 4.69) is 4.99 Å². The molecule has 226 valence electrons. The number of carbonyl (C=O) groups excluding carboxylic acids is 1. The van der Waals surface area contributed by atoms with E-state index in [-0.39, 0.29) is 29.4 Å². The molecule has 11 heteroatoms. The van der Waals surface area contributed by atoms with Gasteiger partial charge in [0.2, 0.25) is 0 Å². The van der Waals surface area contributed by atoms with E-state index in [0.717, 1.165) is 16.7 Å². The van der Waals surface area contributed by atoms with Crippen molar-refractivity contribution in [2.75, 3.05) is 13.7 Å². The van der Waals surface area contributed by atoms with E-state index in [4.69, 9.17) is 30.9 Å². The number of aromatic carboxylic acids is 1. The van der Waals surface area contributed by atoms with Gasteiger partial charge in [0.15, 0.2) is 16.3 Å². The number of fused-ring (bicyclic) bond motifs is 1. The number of hydrogen-bond acceptors (Lipinski definition) is 8. The van der Waals surface area contributed by atoms with Crippen LogP contribution in [0.15, 0.2) is 81.7 Å². The summed E-state index contributed by atoms with van der Waals surface area (Å²) in [6.45, 7) is 5.78. The number of ether oxygens (including phenoxy) is 3. The van der Waals surface area contributed by atoms with E-state index < -0.39 is 18.0 Å². The zero-order chi connectivity index (χ0) is 31.5. The maximum Gasteiger partial charge on any atom is 0.338 e. The molecular formula is C33H29ClN2O7S. The van der Waals surface area contributed by atoms with E-state index in [1.165, 1.54) is 35.1 Å². The number of carbonyl (C=O) groups is 2. The highest BCUT2D eigenvalue weighted by Gasteiger charge is 2.33. The summed E-state index contributed by atoms with van der Waals surface area (Å²) in [5, 5.41) is 9.38. The number of halogens is 1. The lowest BCUT2D eigenvalue weighted by atomic mass is 9.95. The molecule has 0 spiro atoms. The molecule has 3 aromatic carbocycles. The second kappa shape index (κ2) is 12.9. The first kappa shape index (κ1) is 30.8. The van der Waals surface area contributed by atoms with Crippen molar-refractivity contribution in [3.05, 3.63) is 124 Å². The number of aromatic nitrogens is 1. The summed E-state index contributed by atoms with van der Waals surface area (Å²) < 4.78 is 18.8. The average molecular weight is 633 g/mol. The van der Waals surface area contributed by atoms with Gasteiger partial charge in [-0.1, -0.05) is 64.9 Å². The van der Waals surface area contributed by atoms with Gasteiger partial charge >= 0.3 is 11.9 Å². The molecule has 5 rings (SSSR count).